The van der Waals surface area contributed by atoms with Gasteiger partial charge in [-0.2, -0.15) is 0 Å². The molecule has 1 aromatic rings. The average Bonchev–Trinajstić information content (AvgIpc) is 4.00. The lowest BCUT2D eigenvalue weighted by atomic mass is 9.83. The highest BCUT2D eigenvalue weighted by Gasteiger charge is 2.45. The molecule has 2 N–H and O–H groups in total. The molecule has 9 atom stereocenters. The number of hydrogen-bond acceptors (Lipinski definition) is 11. The van der Waals surface area contributed by atoms with E-state index in [-0.39, 0.29) is 54.6 Å². The van der Waals surface area contributed by atoms with Crippen LogP contribution in [0.2, 0.25) is 0 Å². The molecule has 17 heteroatoms. The Balaban J connectivity index is 1.82. The Morgan fingerprint density at radius 2 is 1.46 bits per heavy atom. The molecular weight excluding hydrogens is 855 g/mol. The Labute approximate surface area is 388 Å². The fourth-order valence-corrected chi connectivity index (χ4v) is 10.4. The number of carbonyl (C=O) groups is 6. The van der Waals surface area contributed by atoms with Crippen molar-refractivity contribution in [1.29, 1.82) is 0 Å². The van der Waals surface area contributed by atoms with Crippen molar-refractivity contribution in [1.82, 2.24) is 24.7 Å². The molecule has 1 aromatic carbocycles. The summed E-state index contributed by atoms with van der Waals surface area (Å²) in [6.07, 6.45) is 0.552. The van der Waals surface area contributed by atoms with Crippen molar-refractivity contribution in [2.24, 2.45) is 29.6 Å². The quantitative estimate of drug-likeness (QED) is 0.135. The molecule has 0 radical (unpaired) electrons. The van der Waals surface area contributed by atoms with E-state index in [1.807, 2.05) is 47.6 Å². The van der Waals surface area contributed by atoms with E-state index in [2.05, 4.69) is 10.0 Å². The number of likely N-dealkylation sites (tertiary alicyclic amines) is 1. The van der Waals surface area contributed by atoms with Gasteiger partial charge in [-0.05, 0) is 69.8 Å². The van der Waals surface area contributed by atoms with Crippen LogP contribution in [0.25, 0.3) is 0 Å². The minimum atomic E-state index is -3.88. The Bertz CT molecular complexity index is 1880. The lowest BCUT2D eigenvalue weighted by Gasteiger charge is -2.41. The van der Waals surface area contributed by atoms with Crippen LogP contribution < -0.4 is 10.0 Å². The SMILES string of the molecule is CC[C@H](C)[C@@H]([C@@H](CC(=O)N1CCC[C@H]1[C@H](OC)[C@@H](C)C(=O)N[C@@H](Cc1ccccc1)C(=O)NS(=O)(=O)C1CC1)OC)N(C)C(=O)[C@@H](CC(=O)[C@H](C(C)C)N(C)C(=O)OC(C)(C)C)C(C)C. The third kappa shape index (κ3) is 15.2. The molecule has 0 spiro atoms. The van der Waals surface area contributed by atoms with Crippen molar-refractivity contribution in [2.75, 3.05) is 34.9 Å². The number of rotatable bonds is 24. The van der Waals surface area contributed by atoms with Crippen molar-refractivity contribution in [3.05, 3.63) is 35.9 Å². The topological polar surface area (TPSA) is 198 Å². The number of Topliss-reactive ketones (excluding diaryl/α,β-unsaturated/α-hetero) is 1. The van der Waals surface area contributed by atoms with E-state index in [4.69, 9.17) is 14.2 Å². The normalized spacial score (nSPS) is 19.3. The Morgan fingerprint density at radius 3 is 1.97 bits per heavy atom. The molecule has 1 saturated heterocycles. The minimum absolute atomic E-state index is 0.0574. The molecule has 16 nitrogen and oxygen atoms in total. The number of ether oxygens (including phenoxy) is 3. The minimum Gasteiger partial charge on any atom is -0.444 e. The van der Waals surface area contributed by atoms with Crippen LogP contribution >= 0.6 is 0 Å². The van der Waals surface area contributed by atoms with E-state index in [1.165, 1.54) is 19.1 Å². The van der Waals surface area contributed by atoms with Crippen LogP contribution in [0, 0.1) is 29.6 Å². The maximum Gasteiger partial charge on any atom is 0.410 e. The summed E-state index contributed by atoms with van der Waals surface area (Å²) in [5.74, 6) is -4.28. The number of nitrogens with one attached hydrogen (secondary N) is 2. The molecule has 368 valence electrons. The highest BCUT2D eigenvalue weighted by atomic mass is 32.2. The van der Waals surface area contributed by atoms with E-state index in [9.17, 15) is 37.2 Å². The molecule has 1 aliphatic heterocycles. The van der Waals surface area contributed by atoms with Gasteiger partial charge < -0.3 is 34.2 Å². The third-order valence-electron chi connectivity index (χ3n) is 13.0. The lowest BCUT2D eigenvalue weighted by molar-refractivity contribution is -0.149. The molecular formula is C48H79N5O11S. The highest BCUT2D eigenvalue weighted by molar-refractivity contribution is 7.90. The van der Waals surface area contributed by atoms with Crippen LogP contribution in [0.3, 0.4) is 0 Å². The number of amides is 5. The molecule has 3 rings (SSSR count). The van der Waals surface area contributed by atoms with Crippen LogP contribution in [0.4, 0.5) is 4.79 Å². The first-order valence-electron chi connectivity index (χ1n) is 23.3. The van der Waals surface area contributed by atoms with Crippen molar-refractivity contribution < 1.29 is 51.4 Å². The summed E-state index contributed by atoms with van der Waals surface area (Å²) in [5.41, 5.74) is -0.0276. The lowest BCUT2D eigenvalue weighted by Crippen LogP contribution is -2.55. The molecule has 2 aliphatic rings. The third-order valence-corrected chi connectivity index (χ3v) is 14.8. The first-order chi connectivity index (χ1) is 30.3. The van der Waals surface area contributed by atoms with Gasteiger partial charge in [0.05, 0.1) is 47.9 Å². The van der Waals surface area contributed by atoms with Crippen LogP contribution in [-0.2, 0) is 54.6 Å². The molecule has 0 aromatic heterocycles. The monoisotopic (exact) mass is 934 g/mol. The fourth-order valence-electron chi connectivity index (χ4n) is 9.03. The van der Waals surface area contributed by atoms with Crippen LogP contribution in [0.15, 0.2) is 30.3 Å². The molecule has 5 amide bonds. The van der Waals surface area contributed by atoms with Crippen LogP contribution in [0.5, 0.6) is 0 Å². The Morgan fingerprint density at radius 1 is 0.846 bits per heavy atom. The number of carbonyl (C=O) groups excluding carboxylic acids is 6. The first kappa shape index (κ1) is 55.2. The van der Waals surface area contributed by atoms with E-state index in [0.29, 0.717) is 38.6 Å². The summed E-state index contributed by atoms with van der Waals surface area (Å²) in [4.78, 5) is 88.2. The number of nitrogens with zero attached hydrogens (tertiary/aromatic N) is 3. The Kier molecular flexibility index (Phi) is 20.5. The first-order valence-corrected chi connectivity index (χ1v) is 24.8. The maximum atomic E-state index is 14.6. The van der Waals surface area contributed by atoms with Gasteiger partial charge in [-0.3, -0.25) is 28.7 Å². The highest BCUT2D eigenvalue weighted by Crippen LogP contribution is 2.32. The molecule has 2 fully saturated rings. The van der Waals surface area contributed by atoms with Crippen LogP contribution in [0.1, 0.15) is 120 Å². The summed E-state index contributed by atoms with van der Waals surface area (Å²) < 4.78 is 45.2. The largest absolute Gasteiger partial charge is 0.444 e. The number of benzene rings is 1. The van der Waals surface area contributed by atoms with Gasteiger partial charge in [-0.1, -0.05) is 85.2 Å². The fraction of sp³-hybridized carbons (Fsp3) is 0.750. The maximum absolute atomic E-state index is 14.6. The molecule has 0 unspecified atom stereocenters. The standard InChI is InChI=1S/C48H79N5O11S/c1-15-31(6)42(51(11)46(58)35(29(2)3)27-38(54)41(30(4)5)52(12)47(59)64-48(8,9)10)39(62-13)28-40(55)53-25-19-22-37(53)43(63-14)32(7)44(56)49-36(26-33-20-17-16-18-21-33)45(57)50-65(60,61)34-23-24-34/h16-18,20-21,29-32,34-37,39,41-43H,15,19,22-28H2,1-14H3,(H,49,56)(H,50,57)/t31-,32+,35-,36-,37-,39+,41-,42-,43+/m0/s1. The second kappa shape index (κ2) is 24.1. The van der Waals surface area contributed by atoms with E-state index < -0.39 is 87.0 Å². The van der Waals surface area contributed by atoms with Crippen molar-refractivity contribution >= 4 is 45.5 Å². The molecule has 1 heterocycles. The molecule has 65 heavy (non-hydrogen) atoms. The van der Waals surface area contributed by atoms with Gasteiger partial charge in [0.15, 0.2) is 5.78 Å². The molecule has 1 saturated carbocycles. The zero-order valence-corrected chi connectivity index (χ0v) is 42.2. The average molecular weight is 934 g/mol. The van der Waals surface area contributed by atoms with Crippen molar-refractivity contribution in [3.63, 3.8) is 0 Å². The number of likely N-dealkylation sites (N-methyl/N-ethyl adjacent to an activating group) is 2. The number of methoxy groups -OCH3 is 2. The molecule has 1 aliphatic carbocycles. The van der Waals surface area contributed by atoms with Crippen molar-refractivity contribution in [3.8, 4) is 0 Å². The smallest absolute Gasteiger partial charge is 0.410 e. The zero-order valence-electron chi connectivity index (χ0n) is 41.4. The zero-order chi connectivity index (χ0) is 49.1. The summed E-state index contributed by atoms with van der Waals surface area (Å²) >= 11 is 0. The second-order valence-corrected chi connectivity index (χ2v) is 21.8. The number of hydrogen-bond donors (Lipinski definition) is 2. The molecule has 0 bridgehead atoms. The predicted octanol–water partition coefficient (Wildman–Crippen LogP) is 5.37. The summed E-state index contributed by atoms with van der Waals surface area (Å²) in [6.45, 7) is 18.8. The van der Waals surface area contributed by atoms with Gasteiger partial charge in [0.1, 0.15) is 11.6 Å². The number of ketones is 1. The van der Waals surface area contributed by atoms with Gasteiger partial charge in [0.25, 0.3) is 5.91 Å². The van der Waals surface area contributed by atoms with Gasteiger partial charge in [0.2, 0.25) is 27.7 Å². The van der Waals surface area contributed by atoms with Gasteiger partial charge >= 0.3 is 6.09 Å². The van der Waals surface area contributed by atoms with E-state index in [1.54, 1.807) is 75.9 Å². The second-order valence-electron chi connectivity index (χ2n) is 19.9. The summed E-state index contributed by atoms with van der Waals surface area (Å²) in [7, 11) is 2.34. The van der Waals surface area contributed by atoms with Gasteiger partial charge in [-0.15, -0.1) is 0 Å². The summed E-state index contributed by atoms with van der Waals surface area (Å²) in [5, 5.41) is 2.16. The predicted molar refractivity (Wildman–Crippen MR) is 249 cm³/mol. The summed E-state index contributed by atoms with van der Waals surface area (Å²) in [6, 6.07) is 5.92. The van der Waals surface area contributed by atoms with E-state index >= 15 is 0 Å². The number of sulfonamides is 1. The Hall–Kier alpha value is -4.09. The van der Waals surface area contributed by atoms with Crippen molar-refractivity contribution in [2.45, 2.75) is 168 Å². The van der Waals surface area contributed by atoms with Crippen LogP contribution in [-0.4, -0.2) is 141 Å². The van der Waals surface area contributed by atoms with E-state index in [0.717, 1.165) is 5.56 Å². The van der Waals surface area contributed by atoms with Gasteiger partial charge in [-0.25, -0.2) is 13.2 Å². The van der Waals surface area contributed by atoms with Gasteiger partial charge in [0, 0.05) is 53.6 Å².